The maximum absolute atomic E-state index is 5.48. The van der Waals surface area contributed by atoms with Gasteiger partial charge in [-0.3, -0.25) is 0 Å². The van der Waals surface area contributed by atoms with Crippen molar-refractivity contribution in [2.75, 3.05) is 6.26 Å². The van der Waals surface area contributed by atoms with Crippen molar-refractivity contribution in [2.24, 2.45) is 0 Å². The van der Waals surface area contributed by atoms with Crippen LogP contribution in [0.15, 0.2) is 70.1 Å². The summed E-state index contributed by atoms with van der Waals surface area (Å²) in [6, 6.07) is 20.2. The zero-order valence-electron chi connectivity index (χ0n) is 10.5. The molecule has 19 heavy (non-hydrogen) atoms. The van der Waals surface area contributed by atoms with Gasteiger partial charge in [0.05, 0.1) is 0 Å². The van der Waals surface area contributed by atoms with Crippen LogP contribution in [0.5, 0.6) is 0 Å². The average molecular weight is 267 g/mol. The third-order valence-electron chi connectivity index (χ3n) is 2.95. The number of hydrogen-bond acceptors (Lipinski definition) is 3. The van der Waals surface area contributed by atoms with Crippen LogP contribution in [0.2, 0.25) is 0 Å². The second-order valence-electron chi connectivity index (χ2n) is 4.14. The molecule has 0 radical (unpaired) electrons. The Hall–Kier alpha value is -2.00. The summed E-state index contributed by atoms with van der Waals surface area (Å²) < 4.78 is 5.48. The largest absolute Gasteiger partial charge is 0.356 e. The predicted molar refractivity (Wildman–Crippen MR) is 79.2 cm³/mol. The van der Waals surface area contributed by atoms with Crippen molar-refractivity contribution < 1.29 is 4.52 Å². The minimum atomic E-state index is 0.809. The first kappa shape index (κ1) is 12.1. The number of nitrogens with zero attached hydrogens (tertiary/aromatic N) is 1. The quantitative estimate of drug-likeness (QED) is 0.642. The van der Waals surface area contributed by atoms with Crippen LogP contribution < -0.4 is 0 Å². The lowest BCUT2D eigenvalue weighted by molar-refractivity contribution is 0.434. The molecule has 2 aromatic carbocycles. The van der Waals surface area contributed by atoms with Crippen LogP contribution in [-0.2, 0) is 0 Å². The molecule has 1 aromatic heterocycles. The van der Waals surface area contributed by atoms with Crippen LogP contribution in [0.3, 0.4) is 0 Å². The lowest BCUT2D eigenvalue weighted by Gasteiger charge is -2.01. The second-order valence-corrected chi connectivity index (χ2v) is 4.99. The first-order valence-electron chi connectivity index (χ1n) is 6.04. The molecule has 3 aromatic rings. The molecule has 0 N–H and O–H groups in total. The zero-order chi connectivity index (χ0) is 13.1. The first-order valence-corrected chi connectivity index (χ1v) is 7.26. The fourth-order valence-corrected chi connectivity index (χ4v) is 2.60. The van der Waals surface area contributed by atoms with Gasteiger partial charge in [-0.2, -0.15) is 0 Å². The molecule has 0 aliphatic rings. The third kappa shape index (κ3) is 2.42. The summed E-state index contributed by atoms with van der Waals surface area (Å²) in [5.41, 5.74) is 3.02. The van der Waals surface area contributed by atoms with Crippen LogP contribution in [0.1, 0.15) is 0 Å². The molecule has 0 saturated heterocycles. The van der Waals surface area contributed by atoms with Crippen LogP contribution in [0.4, 0.5) is 0 Å². The van der Waals surface area contributed by atoms with Gasteiger partial charge >= 0.3 is 0 Å². The van der Waals surface area contributed by atoms with Crippen LogP contribution >= 0.6 is 11.8 Å². The van der Waals surface area contributed by atoms with Gasteiger partial charge in [0.15, 0.2) is 5.76 Å². The SMILES string of the molecule is CSc1ccccc1-c1cc(-c2ccccc2)no1. The Balaban J connectivity index is 2.02. The van der Waals surface area contributed by atoms with E-state index in [1.165, 1.54) is 4.90 Å². The van der Waals surface area contributed by atoms with Crippen molar-refractivity contribution in [1.82, 2.24) is 5.16 Å². The molecule has 0 spiro atoms. The lowest BCUT2D eigenvalue weighted by Crippen LogP contribution is -1.78. The second kappa shape index (κ2) is 5.33. The summed E-state index contributed by atoms with van der Waals surface area (Å²) in [5.74, 6) is 0.809. The zero-order valence-corrected chi connectivity index (χ0v) is 11.4. The van der Waals surface area contributed by atoms with Crippen molar-refractivity contribution >= 4 is 11.8 Å². The molecule has 0 atom stereocenters. The number of aromatic nitrogens is 1. The van der Waals surface area contributed by atoms with Gasteiger partial charge in [0, 0.05) is 22.1 Å². The third-order valence-corrected chi connectivity index (χ3v) is 3.75. The summed E-state index contributed by atoms with van der Waals surface area (Å²) in [6.45, 7) is 0. The number of benzene rings is 2. The van der Waals surface area contributed by atoms with E-state index in [1.54, 1.807) is 11.8 Å². The Bertz CT molecular complexity index is 676. The maximum atomic E-state index is 5.48. The van der Waals surface area contributed by atoms with Crippen LogP contribution in [0.25, 0.3) is 22.6 Å². The highest BCUT2D eigenvalue weighted by Gasteiger charge is 2.11. The van der Waals surface area contributed by atoms with E-state index in [0.717, 1.165) is 22.6 Å². The molecule has 0 aliphatic carbocycles. The minimum absolute atomic E-state index is 0.809. The van der Waals surface area contributed by atoms with E-state index in [-0.39, 0.29) is 0 Å². The fraction of sp³-hybridized carbons (Fsp3) is 0.0625. The van der Waals surface area contributed by atoms with E-state index in [9.17, 15) is 0 Å². The van der Waals surface area contributed by atoms with Crippen molar-refractivity contribution in [3.05, 3.63) is 60.7 Å². The standard InChI is InChI=1S/C16H13NOS/c1-19-16-10-6-5-9-13(16)15-11-14(17-18-15)12-7-3-2-4-8-12/h2-11H,1H3. The smallest absolute Gasteiger partial charge is 0.168 e. The molecule has 0 saturated carbocycles. The summed E-state index contributed by atoms with van der Waals surface area (Å²) in [4.78, 5) is 1.19. The van der Waals surface area contributed by atoms with E-state index in [4.69, 9.17) is 4.52 Å². The van der Waals surface area contributed by atoms with Gasteiger partial charge in [-0.15, -0.1) is 11.8 Å². The number of rotatable bonds is 3. The van der Waals surface area contributed by atoms with Crippen molar-refractivity contribution in [1.29, 1.82) is 0 Å². The molecule has 0 aliphatic heterocycles. The Labute approximate surface area is 116 Å². The van der Waals surface area contributed by atoms with E-state index < -0.39 is 0 Å². The van der Waals surface area contributed by atoms with Gasteiger partial charge in [0.1, 0.15) is 5.69 Å². The average Bonchev–Trinajstić information content (AvgIpc) is 2.98. The molecule has 0 amide bonds. The van der Waals surface area contributed by atoms with Gasteiger partial charge in [0.25, 0.3) is 0 Å². The van der Waals surface area contributed by atoms with Crippen LogP contribution in [0, 0.1) is 0 Å². The molecule has 0 fully saturated rings. The van der Waals surface area contributed by atoms with Crippen molar-refractivity contribution in [3.63, 3.8) is 0 Å². The normalized spacial score (nSPS) is 10.6. The topological polar surface area (TPSA) is 26.0 Å². The summed E-state index contributed by atoms with van der Waals surface area (Å²) >= 11 is 1.71. The molecule has 0 unspecified atom stereocenters. The maximum Gasteiger partial charge on any atom is 0.168 e. The van der Waals surface area contributed by atoms with Gasteiger partial charge in [0.2, 0.25) is 0 Å². The molecular formula is C16H13NOS. The molecule has 3 rings (SSSR count). The highest BCUT2D eigenvalue weighted by molar-refractivity contribution is 7.98. The molecular weight excluding hydrogens is 254 g/mol. The Morgan fingerprint density at radius 3 is 2.47 bits per heavy atom. The highest BCUT2D eigenvalue weighted by Crippen LogP contribution is 2.32. The molecule has 3 heteroatoms. The van der Waals surface area contributed by atoms with Crippen LogP contribution in [-0.4, -0.2) is 11.4 Å². The van der Waals surface area contributed by atoms with E-state index in [2.05, 4.69) is 23.5 Å². The number of thioether (sulfide) groups is 1. The fourth-order valence-electron chi connectivity index (χ4n) is 2.00. The minimum Gasteiger partial charge on any atom is -0.356 e. The summed E-state index contributed by atoms with van der Waals surface area (Å²) in [6.07, 6.45) is 2.06. The highest BCUT2D eigenvalue weighted by atomic mass is 32.2. The van der Waals surface area contributed by atoms with Gasteiger partial charge < -0.3 is 4.52 Å². The monoisotopic (exact) mass is 267 g/mol. The van der Waals surface area contributed by atoms with E-state index in [1.807, 2.05) is 48.5 Å². The summed E-state index contributed by atoms with van der Waals surface area (Å²) in [7, 11) is 0. The molecule has 2 nitrogen and oxygen atoms in total. The molecule has 1 heterocycles. The van der Waals surface area contributed by atoms with E-state index in [0.29, 0.717) is 0 Å². The Morgan fingerprint density at radius 1 is 0.947 bits per heavy atom. The number of hydrogen-bond donors (Lipinski definition) is 0. The van der Waals surface area contributed by atoms with Gasteiger partial charge in [-0.25, -0.2) is 0 Å². The first-order chi connectivity index (χ1) is 9.38. The van der Waals surface area contributed by atoms with Gasteiger partial charge in [-0.05, 0) is 18.4 Å². The summed E-state index contributed by atoms with van der Waals surface area (Å²) in [5, 5.41) is 4.15. The van der Waals surface area contributed by atoms with Crippen molar-refractivity contribution in [3.8, 4) is 22.6 Å². The molecule has 0 bridgehead atoms. The van der Waals surface area contributed by atoms with E-state index >= 15 is 0 Å². The van der Waals surface area contributed by atoms with Gasteiger partial charge in [-0.1, -0.05) is 47.6 Å². The Kier molecular flexibility index (Phi) is 3.38. The lowest BCUT2D eigenvalue weighted by atomic mass is 10.1. The molecule has 94 valence electrons. The van der Waals surface area contributed by atoms with Crippen molar-refractivity contribution in [2.45, 2.75) is 4.90 Å². The Morgan fingerprint density at radius 2 is 1.68 bits per heavy atom. The predicted octanol–water partition coefficient (Wildman–Crippen LogP) is 4.73.